The van der Waals surface area contributed by atoms with E-state index < -0.39 is 0 Å². The molecule has 1 heterocycles. The lowest BCUT2D eigenvalue weighted by Gasteiger charge is -2.02. The van der Waals surface area contributed by atoms with E-state index in [0.717, 1.165) is 21.6 Å². The number of oxazole rings is 1. The first kappa shape index (κ1) is 12.5. The highest BCUT2D eigenvalue weighted by Gasteiger charge is 2.08. The van der Waals surface area contributed by atoms with Crippen LogP contribution in [0.1, 0.15) is 5.56 Å². The molecule has 0 aliphatic heterocycles. The monoisotopic (exact) mass is 290 g/mol. The van der Waals surface area contributed by atoms with Gasteiger partial charge in [0.1, 0.15) is 5.52 Å². The van der Waals surface area contributed by atoms with E-state index in [4.69, 9.17) is 21.8 Å². The maximum Gasteiger partial charge on any atom is 0.261 e. The number of aromatic nitrogens is 1. The third-order valence-electron chi connectivity index (χ3n) is 2.72. The van der Waals surface area contributed by atoms with Crippen molar-refractivity contribution in [1.82, 2.24) is 4.98 Å². The van der Waals surface area contributed by atoms with Gasteiger partial charge in [-0.2, -0.15) is 0 Å². The smallest absolute Gasteiger partial charge is 0.261 e. The Morgan fingerprint density at radius 3 is 2.79 bits per heavy atom. The Balaban J connectivity index is 1.90. The lowest BCUT2D eigenvalue weighted by Crippen LogP contribution is -1.96. The van der Waals surface area contributed by atoms with E-state index in [1.54, 1.807) is 0 Å². The number of benzene rings is 2. The summed E-state index contributed by atoms with van der Waals surface area (Å²) in [5.74, 6) is 0. The summed E-state index contributed by atoms with van der Waals surface area (Å²) in [6.07, 6.45) is 0. The summed E-state index contributed by atoms with van der Waals surface area (Å²) in [5.41, 5.74) is 8.16. The van der Waals surface area contributed by atoms with E-state index in [9.17, 15) is 0 Å². The number of fused-ring (bicyclic) bond motifs is 1. The molecule has 0 saturated carbocycles. The maximum absolute atomic E-state index is 6.13. The molecule has 2 N–H and O–H groups in total. The average Bonchev–Trinajstić information content (AvgIpc) is 2.81. The fraction of sp³-hybridized carbons (Fsp3) is 0.0714. The van der Waals surface area contributed by atoms with Gasteiger partial charge in [0, 0.05) is 16.5 Å². The molecule has 0 atom stereocenters. The van der Waals surface area contributed by atoms with Gasteiger partial charge < -0.3 is 10.2 Å². The Labute approximate surface area is 119 Å². The summed E-state index contributed by atoms with van der Waals surface area (Å²) in [5, 5.41) is 1.28. The molecule has 0 saturated heterocycles. The minimum atomic E-state index is 0.437. The second-order valence-corrected chi connectivity index (χ2v) is 5.44. The highest BCUT2D eigenvalue weighted by Crippen LogP contribution is 2.32. The molecule has 0 fully saturated rings. The van der Waals surface area contributed by atoms with Crippen molar-refractivity contribution in [1.29, 1.82) is 0 Å². The zero-order chi connectivity index (χ0) is 13.2. The van der Waals surface area contributed by atoms with Crippen LogP contribution in [-0.2, 0) is 6.54 Å². The molecule has 0 radical (unpaired) electrons. The van der Waals surface area contributed by atoms with Gasteiger partial charge in [-0.05, 0) is 41.6 Å². The molecule has 2 aromatic carbocycles. The van der Waals surface area contributed by atoms with Crippen molar-refractivity contribution in [2.75, 3.05) is 0 Å². The molecule has 1 aromatic heterocycles. The number of nitrogens with two attached hydrogens (primary N) is 1. The van der Waals surface area contributed by atoms with Gasteiger partial charge in [0.05, 0.1) is 0 Å². The van der Waals surface area contributed by atoms with Crippen molar-refractivity contribution in [2.24, 2.45) is 5.73 Å². The lowest BCUT2D eigenvalue weighted by molar-refractivity contribution is 0.489. The standard InChI is InChI=1S/C14H11ClN2OS/c15-11-7-10(6-5-9(11)8-16)19-14-17-12-3-1-2-4-13(12)18-14/h1-7H,8,16H2. The van der Waals surface area contributed by atoms with E-state index in [1.807, 2.05) is 42.5 Å². The molecular formula is C14H11ClN2OS. The molecule has 0 aliphatic rings. The first-order valence-corrected chi connectivity index (χ1v) is 6.97. The minimum Gasteiger partial charge on any atom is -0.431 e. The number of para-hydroxylation sites is 2. The van der Waals surface area contributed by atoms with Crippen LogP contribution in [0.2, 0.25) is 5.02 Å². The zero-order valence-corrected chi connectivity index (χ0v) is 11.5. The second-order valence-electron chi connectivity index (χ2n) is 4.01. The van der Waals surface area contributed by atoms with E-state index in [-0.39, 0.29) is 0 Å². The molecule has 0 unspecified atom stereocenters. The van der Waals surface area contributed by atoms with Gasteiger partial charge in [-0.15, -0.1) is 0 Å². The number of hydrogen-bond donors (Lipinski definition) is 1. The summed E-state index contributed by atoms with van der Waals surface area (Å²) < 4.78 is 5.65. The Hall–Kier alpha value is -1.49. The maximum atomic E-state index is 6.13. The number of nitrogens with zero attached hydrogens (tertiary/aromatic N) is 1. The fourth-order valence-electron chi connectivity index (χ4n) is 1.75. The molecule has 96 valence electrons. The van der Waals surface area contributed by atoms with Crippen LogP contribution >= 0.6 is 23.4 Å². The molecule has 3 aromatic rings. The molecule has 3 nitrogen and oxygen atoms in total. The SMILES string of the molecule is NCc1ccc(Sc2nc3ccccc3o2)cc1Cl. The average molecular weight is 291 g/mol. The molecular weight excluding hydrogens is 280 g/mol. The van der Waals surface area contributed by atoms with Crippen LogP contribution in [0.4, 0.5) is 0 Å². The van der Waals surface area contributed by atoms with Gasteiger partial charge in [-0.3, -0.25) is 0 Å². The Kier molecular flexibility index (Phi) is 3.46. The third kappa shape index (κ3) is 2.61. The predicted octanol–water partition coefficient (Wildman–Crippen LogP) is 4.09. The zero-order valence-electron chi connectivity index (χ0n) is 9.97. The van der Waals surface area contributed by atoms with Crippen LogP contribution in [-0.4, -0.2) is 4.98 Å². The van der Waals surface area contributed by atoms with E-state index in [2.05, 4.69) is 4.98 Å². The van der Waals surface area contributed by atoms with Gasteiger partial charge >= 0.3 is 0 Å². The summed E-state index contributed by atoms with van der Waals surface area (Å²) in [4.78, 5) is 5.39. The van der Waals surface area contributed by atoms with Gasteiger partial charge in [-0.25, -0.2) is 4.98 Å². The number of rotatable bonds is 3. The van der Waals surface area contributed by atoms with Crippen LogP contribution in [0, 0.1) is 0 Å². The van der Waals surface area contributed by atoms with Gasteiger partial charge in [0.15, 0.2) is 5.58 Å². The molecule has 0 aliphatic carbocycles. The normalized spacial score (nSPS) is 11.1. The van der Waals surface area contributed by atoms with Crippen LogP contribution in [0.3, 0.4) is 0 Å². The Morgan fingerprint density at radius 1 is 1.21 bits per heavy atom. The van der Waals surface area contributed by atoms with Gasteiger partial charge in [0.25, 0.3) is 5.22 Å². The Morgan fingerprint density at radius 2 is 2.05 bits per heavy atom. The molecule has 0 spiro atoms. The molecule has 0 amide bonds. The molecule has 5 heteroatoms. The van der Waals surface area contributed by atoms with E-state index in [0.29, 0.717) is 16.8 Å². The first-order chi connectivity index (χ1) is 9.26. The molecule has 0 bridgehead atoms. The number of halogens is 1. The fourth-order valence-corrected chi connectivity index (χ4v) is 2.86. The summed E-state index contributed by atoms with van der Waals surface area (Å²) >= 11 is 7.57. The largest absolute Gasteiger partial charge is 0.431 e. The van der Waals surface area contributed by atoms with Crippen molar-refractivity contribution >= 4 is 34.5 Å². The highest BCUT2D eigenvalue weighted by atomic mass is 35.5. The second kappa shape index (κ2) is 5.25. The third-order valence-corrected chi connectivity index (χ3v) is 3.91. The van der Waals surface area contributed by atoms with E-state index in [1.165, 1.54) is 11.8 Å². The van der Waals surface area contributed by atoms with Crippen LogP contribution in [0.5, 0.6) is 0 Å². The van der Waals surface area contributed by atoms with E-state index >= 15 is 0 Å². The molecule has 3 rings (SSSR count). The topological polar surface area (TPSA) is 52.0 Å². The first-order valence-electron chi connectivity index (χ1n) is 5.78. The predicted molar refractivity (Wildman–Crippen MR) is 77.5 cm³/mol. The van der Waals surface area contributed by atoms with Crippen molar-refractivity contribution in [3.8, 4) is 0 Å². The van der Waals surface area contributed by atoms with Crippen molar-refractivity contribution < 1.29 is 4.42 Å². The van der Waals surface area contributed by atoms with Crippen LogP contribution < -0.4 is 5.73 Å². The lowest BCUT2D eigenvalue weighted by atomic mass is 10.2. The molecule has 19 heavy (non-hydrogen) atoms. The summed E-state index contributed by atoms with van der Waals surface area (Å²) in [6.45, 7) is 0.437. The minimum absolute atomic E-state index is 0.437. The van der Waals surface area contributed by atoms with Crippen LogP contribution in [0.15, 0.2) is 57.0 Å². The van der Waals surface area contributed by atoms with Crippen molar-refractivity contribution in [3.63, 3.8) is 0 Å². The van der Waals surface area contributed by atoms with Crippen molar-refractivity contribution in [3.05, 3.63) is 53.1 Å². The summed E-state index contributed by atoms with van der Waals surface area (Å²) in [7, 11) is 0. The van der Waals surface area contributed by atoms with Gasteiger partial charge in [0.2, 0.25) is 0 Å². The van der Waals surface area contributed by atoms with Crippen molar-refractivity contribution in [2.45, 2.75) is 16.7 Å². The van der Waals surface area contributed by atoms with Gasteiger partial charge in [-0.1, -0.05) is 29.8 Å². The quantitative estimate of drug-likeness (QED) is 0.789. The van der Waals surface area contributed by atoms with Crippen LogP contribution in [0.25, 0.3) is 11.1 Å². The highest BCUT2D eigenvalue weighted by molar-refractivity contribution is 7.99. The number of hydrogen-bond acceptors (Lipinski definition) is 4. The Bertz CT molecular complexity index is 693. The summed E-state index contributed by atoms with van der Waals surface area (Å²) in [6, 6.07) is 13.5.